The molecule has 0 spiro atoms. The molecule has 0 aromatic carbocycles. The van der Waals surface area contributed by atoms with Crippen LogP contribution in [-0.2, 0) is 9.53 Å². The summed E-state index contributed by atoms with van der Waals surface area (Å²) in [6.07, 6.45) is 1.21. The van der Waals surface area contributed by atoms with Crippen LogP contribution in [0.4, 0.5) is 0 Å². The third kappa shape index (κ3) is 4.73. The summed E-state index contributed by atoms with van der Waals surface area (Å²) in [7, 11) is 1.57. The van der Waals surface area contributed by atoms with E-state index >= 15 is 0 Å². The molecule has 0 saturated carbocycles. The summed E-state index contributed by atoms with van der Waals surface area (Å²) in [6, 6.07) is 0. The van der Waals surface area contributed by atoms with E-state index in [1.54, 1.807) is 7.11 Å². The van der Waals surface area contributed by atoms with Crippen LogP contribution < -0.4 is 0 Å². The summed E-state index contributed by atoms with van der Waals surface area (Å²) in [5.74, 6) is 0.182. The molecule has 4 heteroatoms. The SMILES string of the molecule is CCCN1CCN(CC(=O)COC)CC1. The largest absolute Gasteiger partial charge is 0.377 e. The lowest BCUT2D eigenvalue weighted by molar-refractivity contribution is -0.124. The van der Waals surface area contributed by atoms with Gasteiger partial charge in [0.15, 0.2) is 5.78 Å². The smallest absolute Gasteiger partial charge is 0.172 e. The predicted octanol–water partition coefficient (Wildman–Crippen LogP) is 0.230. The van der Waals surface area contributed by atoms with Gasteiger partial charge >= 0.3 is 0 Å². The van der Waals surface area contributed by atoms with Crippen LogP contribution in [0.5, 0.6) is 0 Å². The zero-order valence-electron chi connectivity index (χ0n) is 9.87. The fraction of sp³-hybridized carbons (Fsp3) is 0.909. The van der Waals surface area contributed by atoms with Gasteiger partial charge in [-0.05, 0) is 13.0 Å². The topological polar surface area (TPSA) is 32.8 Å². The molecule has 0 atom stereocenters. The van der Waals surface area contributed by atoms with Crippen molar-refractivity contribution in [2.24, 2.45) is 0 Å². The second-order valence-electron chi connectivity index (χ2n) is 4.09. The molecule has 1 rings (SSSR count). The number of carbonyl (C=O) groups is 1. The zero-order valence-corrected chi connectivity index (χ0v) is 9.87. The van der Waals surface area contributed by atoms with Crippen molar-refractivity contribution in [3.63, 3.8) is 0 Å². The van der Waals surface area contributed by atoms with Crippen molar-refractivity contribution in [2.75, 3.05) is 53.0 Å². The number of ketones is 1. The molecular weight excluding hydrogens is 192 g/mol. The average molecular weight is 214 g/mol. The minimum Gasteiger partial charge on any atom is -0.377 e. The number of hydrogen-bond donors (Lipinski definition) is 0. The Labute approximate surface area is 92.2 Å². The van der Waals surface area contributed by atoms with Gasteiger partial charge in [-0.3, -0.25) is 9.69 Å². The van der Waals surface area contributed by atoms with Crippen molar-refractivity contribution in [1.82, 2.24) is 9.80 Å². The molecule has 0 N–H and O–H groups in total. The average Bonchev–Trinajstić information content (AvgIpc) is 2.22. The van der Waals surface area contributed by atoms with Crippen molar-refractivity contribution in [2.45, 2.75) is 13.3 Å². The van der Waals surface area contributed by atoms with Gasteiger partial charge in [0.05, 0.1) is 6.54 Å². The molecule has 1 heterocycles. The van der Waals surface area contributed by atoms with E-state index in [1.807, 2.05) is 0 Å². The maximum Gasteiger partial charge on any atom is 0.172 e. The van der Waals surface area contributed by atoms with Gasteiger partial charge < -0.3 is 9.64 Å². The Bertz CT molecular complexity index is 189. The number of Topliss-reactive ketones (excluding diaryl/α,β-unsaturated/α-hetero) is 1. The molecule has 0 unspecified atom stereocenters. The highest BCUT2D eigenvalue weighted by molar-refractivity contribution is 5.81. The number of nitrogens with zero attached hydrogens (tertiary/aromatic N) is 2. The monoisotopic (exact) mass is 214 g/mol. The summed E-state index contributed by atoms with van der Waals surface area (Å²) in [5.41, 5.74) is 0. The molecule has 0 aromatic rings. The Morgan fingerprint density at radius 2 is 1.80 bits per heavy atom. The highest BCUT2D eigenvalue weighted by Gasteiger charge is 2.17. The van der Waals surface area contributed by atoms with E-state index in [0.717, 1.165) is 26.2 Å². The first-order chi connectivity index (χ1) is 7.26. The lowest BCUT2D eigenvalue weighted by Crippen LogP contribution is -2.48. The third-order valence-electron chi connectivity index (χ3n) is 2.71. The molecule has 88 valence electrons. The Morgan fingerprint density at radius 1 is 1.20 bits per heavy atom. The summed E-state index contributed by atoms with van der Waals surface area (Å²) >= 11 is 0. The van der Waals surface area contributed by atoms with Gasteiger partial charge in [-0.2, -0.15) is 0 Å². The van der Waals surface area contributed by atoms with Gasteiger partial charge in [0.25, 0.3) is 0 Å². The van der Waals surface area contributed by atoms with Crippen molar-refractivity contribution in [3.05, 3.63) is 0 Å². The summed E-state index contributed by atoms with van der Waals surface area (Å²) in [5, 5.41) is 0. The number of hydrogen-bond acceptors (Lipinski definition) is 4. The van der Waals surface area contributed by atoms with Crippen LogP contribution in [0.2, 0.25) is 0 Å². The third-order valence-corrected chi connectivity index (χ3v) is 2.71. The van der Waals surface area contributed by atoms with Crippen molar-refractivity contribution >= 4 is 5.78 Å². The van der Waals surface area contributed by atoms with Gasteiger partial charge in [-0.15, -0.1) is 0 Å². The van der Waals surface area contributed by atoms with Crippen LogP contribution >= 0.6 is 0 Å². The van der Waals surface area contributed by atoms with Gasteiger partial charge in [-0.25, -0.2) is 0 Å². The van der Waals surface area contributed by atoms with Crippen LogP contribution in [0.1, 0.15) is 13.3 Å². The van der Waals surface area contributed by atoms with Crippen LogP contribution in [-0.4, -0.2) is 68.6 Å². The van der Waals surface area contributed by atoms with Gasteiger partial charge in [0.1, 0.15) is 6.61 Å². The molecule has 1 aliphatic rings. The van der Waals surface area contributed by atoms with Crippen molar-refractivity contribution in [1.29, 1.82) is 0 Å². The fourth-order valence-electron chi connectivity index (χ4n) is 1.94. The molecule has 1 saturated heterocycles. The lowest BCUT2D eigenvalue weighted by atomic mass is 10.2. The number of piperazine rings is 1. The molecular formula is C11H22N2O2. The Kier molecular flexibility index (Phi) is 5.83. The van der Waals surface area contributed by atoms with Gasteiger partial charge in [0.2, 0.25) is 0 Å². The van der Waals surface area contributed by atoms with E-state index in [-0.39, 0.29) is 12.4 Å². The van der Waals surface area contributed by atoms with E-state index in [2.05, 4.69) is 16.7 Å². The highest BCUT2D eigenvalue weighted by atomic mass is 16.5. The van der Waals surface area contributed by atoms with Crippen molar-refractivity contribution < 1.29 is 9.53 Å². The molecule has 1 aliphatic heterocycles. The normalized spacial score (nSPS) is 19.3. The highest BCUT2D eigenvalue weighted by Crippen LogP contribution is 2.02. The maximum atomic E-state index is 11.3. The number of carbonyl (C=O) groups excluding carboxylic acids is 1. The maximum absolute atomic E-state index is 11.3. The quantitative estimate of drug-likeness (QED) is 0.633. The zero-order chi connectivity index (χ0) is 11.1. The van der Waals surface area contributed by atoms with Crippen LogP contribution in [0, 0.1) is 0 Å². The van der Waals surface area contributed by atoms with E-state index in [9.17, 15) is 4.79 Å². The predicted molar refractivity (Wildman–Crippen MR) is 60.1 cm³/mol. The second kappa shape index (κ2) is 6.93. The second-order valence-corrected chi connectivity index (χ2v) is 4.09. The number of methoxy groups -OCH3 is 1. The molecule has 0 aliphatic carbocycles. The van der Waals surface area contributed by atoms with E-state index in [1.165, 1.54) is 13.0 Å². The summed E-state index contributed by atoms with van der Waals surface area (Å²) in [6.45, 7) is 8.38. The van der Waals surface area contributed by atoms with Crippen LogP contribution in [0.3, 0.4) is 0 Å². The van der Waals surface area contributed by atoms with Gasteiger partial charge in [-0.1, -0.05) is 6.92 Å². The Morgan fingerprint density at radius 3 is 2.33 bits per heavy atom. The molecule has 0 amide bonds. The molecule has 4 nitrogen and oxygen atoms in total. The Balaban J connectivity index is 2.16. The Hall–Kier alpha value is -0.450. The first kappa shape index (κ1) is 12.6. The van der Waals surface area contributed by atoms with E-state index < -0.39 is 0 Å². The first-order valence-corrected chi connectivity index (χ1v) is 5.71. The van der Waals surface area contributed by atoms with Crippen LogP contribution in [0.25, 0.3) is 0 Å². The standard InChI is InChI=1S/C11H22N2O2/c1-3-4-12-5-7-13(8-6-12)9-11(14)10-15-2/h3-10H2,1-2H3. The van der Waals surface area contributed by atoms with Gasteiger partial charge in [0, 0.05) is 33.3 Å². The minimum atomic E-state index is 0.182. The fourth-order valence-corrected chi connectivity index (χ4v) is 1.94. The summed E-state index contributed by atoms with van der Waals surface area (Å²) < 4.78 is 4.82. The van der Waals surface area contributed by atoms with Crippen molar-refractivity contribution in [3.8, 4) is 0 Å². The first-order valence-electron chi connectivity index (χ1n) is 5.71. The van der Waals surface area contributed by atoms with E-state index in [4.69, 9.17) is 4.74 Å². The van der Waals surface area contributed by atoms with Crippen LogP contribution in [0.15, 0.2) is 0 Å². The number of ether oxygens (including phenoxy) is 1. The molecule has 0 bridgehead atoms. The summed E-state index contributed by atoms with van der Waals surface area (Å²) in [4.78, 5) is 16.0. The molecule has 15 heavy (non-hydrogen) atoms. The molecule has 0 aromatic heterocycles. The van der Waals surface area contributed by atoms with E-state index in [0.29, 0.717) is 6.54 Å². The lowest BCUT2D eigenvalue weighted by Gasteiger charge is -2.34. The minimum absolute atomic E-state index is 0.182. The molecule has 0 radical (unpaired) electrons. The molecule has 1 fully saturated rings. The number of rotatable bonds is 6.